The average Bonchev–Trinajstić information content (AvgIpc) is 3.25. The van der Waals surface area contributed by atoms with Crippen molar-refractivity contribution in [2.24, 2.45) is 0 Å². The highest BCUT2D eigenvalue weighted by atomic mass is 32.2. The predicted molar refractivity (Wildman–Crippen MR) is 121 cm³/mol. The van der Waals surface area contributed by atoms with E-state index in [0.717, 1.165) is 5.56 Å². The fourth-order valence-corrected chi connectivity index (χ4v) is 5.15. The number of hydrogen-bond donors (Lipinski definition) is 1. The van der Waals surface area contributed by atoms with E-state index in [2.05, 4.69) is 5.32 Å². The number of nitrogens with one attached hydrogen (secondary N) is 1. The number of carbonyl (C=O) groups excluding carboxylic acids is 2. The Morgan fingerprint density at radius 2 is 1.85 bits per heavy atom. The van der Waals surface area contributed by atoms with Crippen LogP contribution in [0.2, 0.25) is 0 Å². The number of fused-ring (bicyclic) bond motifs is 1. The van der Waals surface area contributed by atoms with E-state index < -0.39 is 34.3 Å². The third-order valence-corrected chi connectivity index (χ3v) is 7.12. The minimum Gasteiger partial charge on any atom is -0.452 e. The molecule has 1 N–H and O–H groups in total. The Balaban J connectivity index is 1.45. The van der Waals surface area contributed by atoms with Crippen molar-refractivity contribution in [3.63, 3.8) is 0 Å². The van der Waals surface area contributed by atoms with Crippen LogP contribution in [0.1, 0.15) is 21.5 Å². The second-order valence-electron chi connectivity index (χ2n) is 7.57. The van der Waals surface area contributed by atoms with Gasteiger partial charge in [0.25, 0.3) is 15.9 Å². The molecule has 0 aliphatic carbocycles. The van der Waals surface area contributed by atoms with E-state index in [0.29, 0.717) is 24.2 Å². The van der Waals surface area contributed by atoms with E-state index in [1.54, 1.807) is 19.1 Å². The molecule has 3 aromatic carbocycles. The summed E-state index contributed by atoms with van der Waals surface area (Å²) in [5.41, 5.74) is 2.48. The number of halogens is 1. The Kier molecular flexibility index (Phi) is 6.15. The molecule has 1 aliphatic heterocycles. The maximum atomic E-state index is 13.4. The van der Waals surface area contributed by atoms with Crippen molar-refractivity contribution in [2.45, 2.75) is 18.2 Å². The van der Waals surface area contributed by atoms with Gasteiger partial charge in [-0.05, 0) is 60.9 Å². The largest absolute Gasteiger partial charge is 0.452 e. The van der Waals surface area contributed by atoms with Gasteiger partial charge in [0.2, 0.25) is 0 Å². The number of sulfonamides is 1. The smallest absolute Gasteiger partial charge is 0.338 e. The lowest BCUT2D eigenvalue weighted by Crippen LogP contribution is -2.29. The topological polar surface area (TPSA) is 92.8 Å². The molecule has 170 valence electrons. The highest BCUT2D eigenvalue weighted by molar-refractivity contribution is 7.92. The Morgan fingerprint density at radius 3 is 2.67 bits per heavy atom. The molecule has 0 bridgehead atoms. The first kappa shape index (κ1) is 22.5. The van der Waals surface area contributed by atoms with Gasteiger partial charge in [0.1, 0.15) is 5.82 Å². The number of anilines is 2. The third kappa shape index (κ3) is 4.73. The first-order chi connectivity index (χ1) is 15.8. The summed E-state index contributed by atoms with van der Waals surface area (Å²) in [6, 6.07) is 16.7. The van der Waals surface area contributed by atoms with Gasteiger partial charge in [-0.1, -0.05) is 30.3 Å². The Bertz CT molecular complexity index is 1340. The number of rotatable bonds is 6. The van der Waals surface area contributed by atoms with Gasteiger partial charge in [-0.15, -0.1) is 0 Å². The van der Waals surface area contributed by atoms with Crippen molar-refractivity contribution < 1.29 is 27.1 Å². The molecule has 1 amide bonds. The number of ether oxygens (including phenoxy) is 1. The molecule has 0 saturated heterocycles. The van der Waals surface area contributed by atoms with Crippen LogP contribution in [0.5, 0.6) is 0 Å². The van der Waals surface area contributed by atoms with Crippen LogP contribution in [0, 0.1) is 12.7 Å². The minimum atomic E-state index is -3.88. The summed E-state index contributed by atoms with van der Waals surface area (Å²) in [4.78, 5) is 24.5. The molecule has 7 nitrogen and oxygen atoms in total. The van der Waals surface area contributed by atoms with Crippen LogP contribution in [-0.4, -0.2) is 33.4 Å². The second kappa shape index (κ2) is 9.03. The molecule has 0 fully saturated rings. The summed E-state index contributed by atoms with van der Waals surface area (Å²) in [7, 11) is -3.88. The molecule has 9 heteroatoms. The van der Waals surface area contributed by atoms with Crippen molar-refractivity contribution in [1.82, 2.24) is 0 Å². The van der Waals surface area contributed by atoms with E-state index in [-0.39, 0.29) is 16.1 Å². The molecule has 4 rings (SSSR count). The van der Waals surface area contributed by atoms with Crippen LogP contribution in [0.25, 0.3) is 0 Å². The van der Waals surface area contributed by atoms with E-state index in [1.165, 1.54) is 46.8 Å². The summed E-state index contributed by atoms with van der Waals surface area (Å²) in [6.45, 7) is 1.41. The van der Waals surface area contributed by atoms with Crippen LogP contribution in [-0.2, 0) is 26.0 Å². The number of esters is 1. The zero-order valence-corrected chi connectivity index (χ0v) is 18.6. The molecule has 0 atom stereocenters. The first-order valence-electron chi connectivity index (χ1n) is 10.2. The van der Waals surface area contributed by atoms with Crippen LogP contribution in [0.4, 0.5) is 15.8 Å². The predicted octanol–water partition coefficient (Wildman–Crippen LogP) is 3.68. The van der Waals surface area contributed by atoms with Crippen LogP contribution in [0.3, 0.4) is 0 Å². The van der Waals surface area contributed by atoms with Crippen molar-refractivity contribution in [3.05, 3.63) is 89.2 Å². The number of para-hydroxylation sites is 1. The quantitative estimate of drug-likeness (QED) is 0.557. The summed E-state index contributed by atoms with van der Waals surface area (Å²) in [5.74, 6) is -2.00. The number of benzene rings is 3. The standard InChI is InChI=1S/C24H21FN2O5S/c1-16-9-10-19(25)14-21(16)26-23(28)15-32-24(29)18-6-4-7-20(13-18)33(30,31)27-12-11-17-5-2-3-8-22(17)27/h2-10,13-14H,11-12,15H2,1H3,(H,26,28). The average molecular weight is 469 g/mol. The first-order valence-corrected chi connectivity index (χ1v) is 11.6. The normalized spacial score (nSPS) is 12.8. The van der Waals surface area contributed by atoms with Gasteiger partial charge in [0.15, 0.2) is 6.61 Å². The van der Waals surface area contributed by atoms with Crippen LogP contribution < -0.4 is 9.62 Å². The van der Waals surface area contributed by atoms with Gasteiger partial charge in [0.05, 0.1) is 16.1 Å². The van der Waals surface area contributed by atoms with Gasteiger partial charge >= 0.3 is 5.97 Å². The fourth-order valence-electron chi connectivity index (χ4n) is 3.60. The Labute approximate surface area is 190 Å². The lowest BCUT2D eigenvalue weighted by atomic mass is 10.2. The fraction of sp³-hybridized carbons (Fsp3) is 0.167. The third-order valence-electron chi connectivity index (χ3n) is 5.31. The minimum absolute atomic E-state index is 0.00158. The lowest BCUT2D eigenvalue weighted by Gasteiger charge is -2.19. The molecule has 0 unspecified atom stereocenters. The Hall–Kier alpha value is -3.72. The zero-order valence-electron chi connectivity index (χ0n) is 17.7. The molecular formula is C24H21FN2O5S. The van der Waals surface area contributed by atoms with Crippen LogP contribution >= 0.6 is 0 Å². The number of carbonyl (C=O) groups is 2. The molecule has 1 heterocycles. The molecule has 0 radical (unpaired) electrons. The van der Waals surface area contributed by atoms with E-state index >= 15 is 0 Å². The summed E-state index contributed by atoms with van der Waals surface area (Å²) < 4.78 is 46.1. The van der Waals surface area contributed by atoms with E-state index in [4.69, 9.17) is 4.74 Å². The number of amides is 1. The maximum absolute atomic E-state index is 13.4. The van der Waals surface area contributed by atoms with Gasteiger partial charge in [0, 0.05) is 12.2 Å². The highest BCUT2D eigenvalue weighted by Crippen LogP contribution is 2.32. The van der Waals surface area contributed by atoms with Crippen LogP contribution in [0.15, 0.2) is 71.6 Å². The Morgan fingerprint density at radius 1 is 1.06 bits per heavy atom. The molecule has 0 aromatic heterocycles. The van der Waals surface area contributed by atoms with E-state index in [1.807, 2.05) is 12.1 Å². The van der Waals surface area contributed by atoms with Gasteiger partial charge in [-0.25, -0.2) is 17.6 Å². The lowest BCUT2D eigenvalue weighted by molar-refractivity contribution is -0.119. The van der Waals surface area contributed by atoms with Gasteiger partial charge < -0.3 is 10.1 Å². The zero-order chi connectivity index (χ0) is 23.6. The van der Waals surface area contributed by atoms with Crippen molar-refractivity contribution >= 4 is 33.3 Å². The molecular weight excluding hydrogens is 447 g/mol. The van der Waals surface area contributed by atoms with Gasteiger partial charge in [-0.2, -0.15) is 0 Å². The van der Waals surface area contributed by atoms with Crippen molar-refractivity contribution in [3.8, 4) is 0 Å². The molecule has 1 aliphatic rings. The molecule has 33 heavy (non-hydrogen) atoms. The van der Waals surface area contributed by atoms with Crippen molar-refractivity contribution in [1.29, 1.82) is 0 Å². The SMILES string of the molecule is Cc1ccc(F)cc1NC(=O)COC(=O)c1cccc(S(=O)(=O)N2CCc3ccccc32)c1. The number of aryl methyl sites for hydroxylation is 1. The highest BCUT2D eigenvalue weighted by Gasteiger charge is 2.31. The maximum Gasteiger partial charge on any atom is 0.338 e. The monoisotopic (exact) mass is 468 g/mol. The summed E-state index contributed by atoms with van der Waals surface area (Å²) >= 11 is 0. The molecule has 3 aromatic rings. The van der Waals surface area contributed by atoms with Crippen molar-refractivity contribution in [2.75, 3.05) is 22.8 Å². The molecule has 0 spiro atoms. The van der Waals surface area contributed by atoms with E-state index in [9.17, 15) is 22.4 Å². The summed E-state index contributed by atoms with van der Waals surface area (Å²) in [6.07, 6.45) is 0.608. The summed E-state index contributed by atoms with van der Waals surface area (Å²) in [5, 5.41) is 2.48. The number of nitrogens with zero attached hydrogens (tertiary/aromatic N) is 1. The second-order valence-corrected chi connectivity index (χ2v) is 9.43. The van der Waals surface area contributed by atoms with Gasteiger partial charge in [-0.3, -0.25) is 9.10 Å². The number of hydrogen-bond acceptors (Lipinski definition) is 5. The molecule has 0 saturated carbocycles.